The molecule has 2 amide bonds. The lowest BCUT2D eigenvalue weighted by atomic mass is 10.0. The van der Waals surface area contributed by atoms with E-state index < -0.39 is 17.3 Å². The summed E-state index contributed by atoms with van der Waals surface area (Å²) in [5.74, 6) is -1.26. The molecule has 1 aromatic rings. The van der Waals surface area contributed by atoms with Crippen molar-refractivity contribution in [3.8, 4) is 0 Å². The number of nitrogens with zero attached hydrogens (tertiary/aromatic N) is 2. The number of nitrogens with two attached hydrogens (primary N) is 1. The van der Waals surface area contributed by atoms with Gasteiger partial charge in [-0.15, -0.1) is 0 Å². The van der Waals surface area contributed by atoms with Crippen molar-refractivity contribution in [3.63, 3.8) is 0 Å². The molecule has 1 saturated heterocycles. The maximum Gasteiger partial charge on any atom is 0.258 e. The largest absolute Gasteiger partial charge is 0.338 e. The summed E-state index contributed by atoms with van der Waals surface area (Å²) in [4.78, 5) is 27.6. The molecule has 2 N–H and O–H groups in total. The number of amides is 2. The molecule has 0 atom stereocenters. The second-order valence-electron chi connectivity index (χ2n) is 5.90. The Labute approximate surface area is 133 Å². The molecule has 7 heteroatoms. The first-order chi connectivity index (χ1) is 10.2. The summed E-state index contributed by atoms with van der Waals surface area (Å²) < 4.78 is 13.8. The van der Waals surface area contributed by atoms with Gasteiger partial charge in [-0.25, -0.2) is 4.39 Å². The smallest absolute Gasteiger partial charge is 0.258 e. The Bertz CT molecular complexity index is 573. The second kappa shape index (κ2) is 6.22. The Morgan fingerprint density at radius 1 is 1.18 bits per heavy atom. The van der Waals surface area contributed by atoms with E-state index in [2.05, 4.69) is 0 Å². The predicted molar refractivity (Wildman–Crippen MR) is 82.2 cm³/mol. The molecule has 0 bridgehead atoms. The third-order valence-electron chi connectivity index (χ3n) is 3.58. The van der Waals surface area contributed by atoms with E-state index in [1.165, 1.54) is 23.1 Å². The van der Waals surface area contributed by atoms with Crippen molar-refractivity contribution in [2.45, 2.75) is 19.4 Å². The SMILES string of the molecule is CC(C)(N)C(=O)N1CCN(C(=O)c2c(F)cccc2Cl)CC1. The van der Waals surface area contributed by atoms with Crippen LogP contribution >= 0.6 is 11.6 Å². The van der Waals surface area contributed by atoms with Gasteiger partial charge in [-0.05, 0) is 26.0 Å². The van der Waals surface area contributed by atoms with E-state index in [0.717, 1.165) is 0 Å². The summed E-state index contributed by atoms with van der Waals surface area (Å²) in [6, 6.07) is 4.14. The number of hydrogen-bond acceptors (Lipinski definition) is 3. The molecule has 0 saturated carbocycles. The van der Waals surface area contributed by atoms with Gasteiger partial charge in [0.2, 0.25) is 5.91 Å². The van der Waals surface area contributed by atoms with Crippen molar-refractivity contribution >= 4 is 23.4 Å². The molecule has 0 unspecified atom stereocenters. The summed E-state index contributed by atoms with van der Waals surface area (Å²) in [5, 5.41) is 0.0894. The van der Waals surface area contributed by atoms with Crippen LogP contribution in [0.15, 0.2) is 18.2 Å². The topological polar surface area (TPSA) is 66.6 Å². The van der Waals surface area contributed by atoms with Crippen LogP contribution < -0.4 is 5.73 Å². The Morgan fingerprint density at radius 2 is 1.73 bits per heavy atom. The molecule has 0 aromatic heterocycles. The van der Waals surface area contributed by atoms with Gasteiger partial charge < -0.3 is 15.5 Å². The van der Waals surface area contributed by atoms with Gasteiger partial charge in [-0.2, -0.15) is 0 Å². The average Bonchev–Trinajstić information content (AvgIpc) is 2.45. The van der Waals surface area contributed by atoms with Gasteiger partial charge in [0, 0.05) is 26.2 Å². The van der Waals surface area contributed by atoms with Gasteiger partial charge >= 0.3 is 0 Å². The Hall–Kier alpha value is -1.66. The van der Waals surface area contributed by atoms with Crippen molar-refractivity contribution in [2.24, 2.45) is 5.73 Å². The maximum atomic E-state index is 13.8. The molecule has 0 spiro atoms. The van der Waals surface area contributed by atoms with E-state index in [0.29, 0.717) is 26.2 Å². The van der Waals surface area contributed by atoms with Crippen molar-refractivity contribution in [1.29, 1.82) is 0 Å². The molecule has 120 valence electrons. The van der Waals surface area contributed by atoms with Crippen LogP contribution in [0.5, 0.6) is 0 Å². The first-order valence-corrected chi connectivity index (χ1v) is 7.41. The number of halogens is 2. The van der Waals surface area contributed by atoms with Crippen LogP contribution in [0.3, 0.4) is 0 Å². The Balaban J connectivity index is 2.06. The van der Waals surface area contributed by atoms with Crippen molar-refractivity contribution in [3.05, 3.63) is 34.6 Å². The molecule has 5 nitrogen and oxygen atoms in total. The van der Waals surface area contributed by atoms with Gasteiger partial charge in [-0.1, -0.05) is 17.7 Å². The number of rotatable bonds is 2. The summed E-state index contributed by atoms with van der Waals surface area (Å²) in [5.41, 5.74) is 4.73. The zero-order valence-electron chi connectivity index (χ0n) is 12.6. The molecule has 2 rings (SSSR count). The van der Waals surface area contributed by atoms with Crippen molar-refractivity contribution in [1.82, 2.24) is 9.80 Å². The lowest BCUT2D eigenvalue weighted by Gasteiger charge is -2.37. The molecule has 1 heterocycles. The minimum Gasteiger partial charge on any atom is -0.338 e. The highest BCUT2D eigenvalue weighted by Gasteiger charge is 2.32. The molecule has 0 aliphatic carbocycles. The fraction of sp³-hybridized carbons (Fsp3) is 0.467. The summed E-state index contributed by atoms with van der Waals surface area (Å²) in [7, 11) is 0. The number of carbonyl (C=O) groups excluding carboxylic acids is 2. The number of carbonyl (C=O) groups is 2. The predicted octanol–water partition coefficient (Wildman–Crippen LogP) is 1.50. The fourth-order valence-corrected chi connectivity index (χ4v) is 2.62. The lowest BCUT2D eigenvalue weighted by Crippen LogP contribution is -2.57. The molecule has 0 radical (unpaired) electrons. The van der Waals surface area contributed by atoms with Crippen molar-refractivity contribution in [2.75, 3.05) is 26.2 Å². The molecule has 1 aromatic carbocycles. The Kier molecular flexibility index (Phi) is 4.72. The molecule has 1 aliphatic rings. The minimum absolute atomic E-state index is 0.0894. The molecular weight excluding hydrogens is 309 g/mol. The van der Waals surface area contributed by atoms with E-state index in [9.17, 15) is 14.0 Å². The summed E-state index contributed by atoms with van der Waals surface area (Å²) in [6.07, 6.45) is 0. The fourth-order valence-electron chi connectivity index (χ4n) is 2.38. The third-order valence-corrected chi connectivity index (χ3v) is 3.90. The summed E-state index contributed by atoms with van der Waals surface area (Å²) >= 11 is 5.91. The number of piperazine rings is 1. The molecule has 1 fully saturated rings. The molecule has 1 aliphatic heterocycles. The van der Waals surface area contributed by atoms with Crippen LogP contribution in [0.1, 0.15) is 24.2 Å². The highest BCUT2D eigenvalue weighted by Crippen LogP contribution is 2.21. The second-order valence-corrected chi connectivity index (χ2v) is 6.31. The first kappa shape index (κ1) is 16.7. The van der Waals surface area contributed by atoms with Crippen LogP contribution in [0.4, 0.5) is 4.39 Å². The molecule has 22 heavy (non-hydrogen) atoms. The summed E-state index contributed by atoms with van der Waals surface area (Å²) in [6.45, 7) is 4.68. The van der Waals surface area contributed by atoms with E-state index in [-0.39, 0.29) is 16.5 Å². The van der Waals surface area contributed by atoms with E-state index in [4.69, 9.17) is 17.3 Å². The van der Waals surface area contributed by atoms with Crippen LogP contribution in [-0.2, 0) is 4.79 Å². The van der Waals surface area contributed by atoms with Gasteiger partial charge in [0.25, 0.3) is 5.91 Å². The zero-order valence-corrected chi connectivity index (χ0v) is 13.4. The normalized spacial score (nSPS) is 15.9. The van der Waals surface area contributed by atoms with Gasteiger partial charge in [0.1, 0.15) is 5.82 Å². The number of benzene rings is 1. The highest BCUT2D eigenvalue weighted by atomic mass is 35.5. The first-order valence-electron chi connectivity index (χ1n) is 7.03. The standard InChI is InChI=1S/C15H19ClFN3O2/c1-15(2,18)14(22)20-8-6-19(7-9-20)13(21)12-10(16)4-3-5-11(12)17/h3-5H,6-9,18H2,1-2H3. The van der Waals surface area contributed by atoms with E-state index >= 15 is 0 Å². The van der Waals surface area contributed by atoms with Gasteiger partial charge in [0.15, 0.2) is 0 Å². The monoisotopic (exact) mass is 327 g/mol. The van der Waals surface area contributed by atoms with Crippen LogP contribution in [0.2, 0.25) is 5.02 Å². The van der Waals surface area contributed by atoms with Crippen LogP contribution in [0.25, 0.3) is 0 Å². The zero-order chi connectivity index (χ0) is 16.5. The molecular formula is C15H19ClFN3O2. The minimum atomic E-state index is -0.943. The van der Waals surface area contributed by atoms with Gasteiger partial charge in [0.05, 0.1) is 16.1 Å². The van der Waals surface area contributed by atoms with Crippen LogP contribution in [-0.4, -0.2) is 53.3 Å². The highest BCUT2D eigenvalue weighted by molar-refractivity contribution is 6.33. The van der Waals surface area contributed by atoms with E-state index in [1.807, 2.05) is 0 Å². The van der Waals surface area contributed by atoms with Crippen molar-refractivity contribution < 1.29 is 14.0 Å². The number of hydrogen-bond donors (Lipinski definition) is 1. The van der Waals surface area contributed by atoms with E-state index in [1.54, 1.807) is 18.7 Å². The average molecular weight is 328 g/mol. The Morgan fingerprint density at radius 3 is 2.23 bits per heavy atom. The quantitative estimate of drug-likeness (QED) is 0.895. The maximum absolute atomic E-state index is 13.8. The van der Waals surface area contributed by atoms with Crippen LogP contribution in [0, 0.1) is 5.82 Å². The lowest BCUT2D eigenvalue weighted by molar-refractivity contribution is -0.137. The van der Waals surface area contributed by atoms with Gasteiger partial charge in [-0.3, -0.25) is 9.59 Å². The third kappa shape index (κ3) is 3.39.